The Morgan fingerprint density at radius 1 is 1.04 bits per heavy atom. The van der Waals surface area contributed by atoms with E-state index in [1.54, 1.807) is 6.92 Å². The van der Waals surface area contributed by atoms with E-state index >= 15 is 0 Å². The van der Waals surface area contributed by atoms with Gasteiger partial charge in [0, 0.05) is 5.57 Å². The number of hydrogen-bond acceptors (Lipinski definition) is 3. The Labute approximate surface area is 156 Å². The van der Waals surface area contributed by atoms with E-state index in [9.17, 15) is 4.79 Å². The average molecular weight is 365 g/mol. The van der Waals surface area contributed by atoms with Gasteiger partial charge in [-0.2, -0.15) is 0 Å². The third-order valence-electron chi connectivity index (χ3n) is 3.97. The van der Waals surface area contributed by atoms with Gasteiger partial charge in [-0.05, 0) is 57.7 Å². The molecule has 25 heavy (non-hydrogen) atoms. The third-order valence-corrected chi connectivity index (χ3v) is 4.18. The second-order valence-corrected chi connectivity index (χ2v) is 6.84. The van der Waals surface area contributed by atoms with Crippen molar-refractivity contribution >= 4 is 30.3 Å². The molecule has 1 heterocycles. The first kappa shape index (κ1) is 21.4. The van der Waals surface area contributed by atoms with Crippen molar-refractivity contribution in [2.45, 2.75) is 71.6 Å². The van der Waals surface area contributed by atoms with Gasteiger partial charge in [-0.15, -0.1) is 0 Å². The first-order valence-corrected chi connectivity index (χ1v) is 9.76. The van der Waals surface area contributed by atoms with E-state index in [1.807, 2.05) is 0 Å². The standard InChI is InChI=1S/C20H32N2O2S/c1-4-5-6-7-10-13-17-18(22-20(25)21-17)14-11-8-9-12-15-24-19(23)16(2)3/h13-14H,2,4-12,15H2,1,3H3,(H2,21,22,25)/b17-13?,18-14-. The van der Waals surface area contributed by atoms with Gasteiger partial charge in [0.1, 0.15) is 0 Å². The molecule has 0 aliphatic heterocycles. The van der Waals surface area contributed by atoms with Crippen LogP contribution in [-0.2, 0) is 9.53 Å². The van der Waals surface area contributed by atoms with Crippen LogP contribution in [-0.4, -0.2) is 22.5 Å². The monoisotopic (exact) mass is 364 g/mol. The summed E-state index contributed by atoms with van der Waals surface area (Å²) >= 11 is 5.22. The lowest BCUT2D eigenvalue weighted by atomic mass is 10.1. The van der Waals surface area contributed by atoms with Crippen LogP contribution in [0.4, 0.5) is 0 Å². The van der Waals surface area contributed by atoms with E-state index in [0.717, 1.165) is 42.8 Å². The molecular weight excluding hydrogens is 332 g/mol. The van der Waals surface area contributed by atoms with E-state index in [2.05, 4.69) is 35.6 Å². The Morgan fingerprint density at radius 2 is 1.60 bits per heavy atom. The first-order valence-electron chi connectivity index (χ1n) is 9.36. The summed E-state index contributed by atoms with van der Waals surface area (Å²) in [6, 6.07) is 0. The lowest BCUT2D eigenvalue weighted by molar-refractivity contribution is -0.139. The topological polar surface area (TPSA) is 57.9 Å². The third kappa shape index (κ3) is 9.44. The summed E-state index contributed by atoms with van der Waals surface area (Å²) in [5.74, 6) is -0.300. The van der Waals surface area contributed by atoms with Crippen molar-refractivity contribution in [2.75, 3.05) is 6.61 Å². The maximum Gasteiger partial charge on any atom is 0.333 e. The minimum Gasteiger partial charge on any atom is -0.462 e. The fourth-order valence-corrected chi connectivity index (χ4v) is 2.73. The zero-order valence-electron chi connectivity index (χ0n) is 15.7. The largest absolute Gasteiger partial charge is 0.462 e. The number of rotatable bonds is 12. The molecule has 0 amide bonds. The molecule has 0 radical (unpaired) electrons. The minimum atomic E-state index is -0.300. The predicted octanol–water partition coefficient (Wildman–Crippen LogP) is 4.28. The minimum absolute atomic E-state index is 0.300. The number of carbonyl (C=O) groups is 1. The summed E-state index contributed by atoms with van der Waals surface area (Å²) in [4.78, 5) is 17.7. The van der Waals surface area contributed by atoms with Gasteiger partial charge in [-0.3, -0.25) is 0 Å². The Balaban J connectivity index is 2.37. The normalized spacial score (nSPS) is 12.6. The van der Waals surface area contributed by atoms with Gasteiger partial charge < -0.3 is 14.7 Å². The summed E-state index contributed by atoms with van der Waals surface area (Å²) in [5, 5.41) is 2.20. The molecule has 0 saturated heterocycles. The van der Waals surface area contributed by atoms with Crippen LogP contribution in [0.1, 0.15) is 71.6 Å². The molecule has 5 heteroatoms. The molecule has 0 aromatic carbocycles. The first-order chi connectivity index (χ1) is 12.0. The smallest absolute Gasteiger partial charge is 0.333 e. The van der Waals surface area contributed by atoms with Crippen molar-refractivity contribution in [1.82, 2.24) is 9.97 Å². The second kappa shape index (κ2) is 12.7. The molecule has 0 aliphatic rings. The molecule has 0 aliphatic carbocycles. The fraction of sp³-hybridized carbons (Fsp3) is 0.600. The van der Waals surface area contributed by atoms with Crippen LogP contribution < -0.4 is 10.7 Å². The number of unbranched alkanes of at least 4 members (excludes halogenated alkanes) is 7. The maximum absolute atomic E-state index is 11.3. The molecule has 0 bridgehead atoms. The number of hydrogen-bond donors (Lipinski definition) is 2. The van der Waals surface area contributed by atoms with E-state index in [-0.39, 0.29) is 5.97 Å². The van der Waals surface area contributed by atoms with Gasteiger partial charge in [0.25, 0.3) is 0 Å². The van der Waals surface area contributed by atoms with Crippen molar-refractivity contribution in [3.05, 3.63) is 27.6 Å². The Morgan fingerprint density at radius 3 is 2.12 bits per heavy atom. The van der Waals surface area contributed by atoms with Crippen LogP contribution in [0.5, 0.6) is 0 Å². The van der Waals surface area contributed by atoms with Gasteiger partial charge in [-0.25, -0.2) is 4.79 Å². The Bertz CT molecular complexity index is 700. The highest BCUT2D eigenvalue weighted by atomic mass is 32.1. The molecular formula is C20H32N2O2S. The number of nitrogens with one attached hydrogen (secondary N) is 2. The van der Waals surface area contributed by atoms with Crippen molar-refractivity contribution in [1.29, 1.82) is 0 Å². The molecule has 0 saturated carbocycles. The molecule has 0 atom stereocenters. The molecule has 2 N–H and O–H groups in total. The van der Waals surface area contributed by atoms with Crippen LogP contribution in [0.15, 0.2) is 12.2 Å². The van der Waals surface area contributed by atoms with E-state index in [1.165, 1.54) is 25.7 Å². The Kier molecular flexibility index (Phi) is 10.9. The van der Waals surface area contributed by atoms with Crippen LogP contribution in [0.25, 0.3) is 12.2 Å². The van der Waals surface area contributed by atoms with Gasteiger partial charge in [0.2, 0.25) is 0 Å². The summed E-state index contributed by atoms with van der Waals surface area (Å²) < 4.78 is 5.76. The summed E-state index contributed by atoms with van der Waals surface area (Å²) in [6.07, 6.45) is 14.5. The molecule has 1 rings (SSSR count). The zero-order valence-corrected chi connectivity index (χ0v) is 16.5. The highest BCUT2D eigenvalue weighted by Gasteiger charge is 2.01. The number of aromatic amines is 2. The molecule has 0 spiro atoms. The maximum atomic E-state index is 11.3. The van der Waals surface area contributed by atoms with E-state index < -0.39 is 0 Å². The quantitative estimate of drug-likeness (QED) is 0.252. The molecule has 0 fully saturated rings. The van der Waals surface area contributed by atoms with Gasteiger partial charge in [0.15, 0.2) is 4.77 Å². The fourth-order valence-electron chi connectivity index (χ4n) is 2.51. The van der Waals surface area contributed by atoms with Crippen LogP contribution >= 0.6 is 12.2 Å². The van der Waals surface area contributed by atoms with Crippen molar-refractivity contribution in [2.24, 2.45) is 0 Å². The van der Waals surface area contributed by atoms with Gasteiger partial charge in [-0.1, -0.05) is 44.9 Å². The lowest BCUT2D eigenvalue weighted by Gasteiger charge is -2.03. The molecule has 0 unspecified atom stereocenters. The number of aromatic nitrogens is 2. The lowest BCUT2D eigenvalue weighted by Crippen LogP contribution is -2.24. The van der Waals surface area contributed by atoms with Crippen molar-refractivity contribution < 1.29 is 9.53 Å². The average Bonchev–Trinajstić information content (AvgIpc) is 2.93. The highest BCUT2D eigenvalue weighted by molar-refractivity contribution is 7.71. The van der Waals surface area contributed by atoms with Crippen LogP contribution in [0, 0.1) is 4.77 Å². The number of imidazole rings is 1. The number of ether oxygens (including phenoxy) is 1. The van der Waals surface area contributed by atoms with E-state index in [0.29, 0.717) is 17.0 Å². The van der Waals surface area contributed by atoms with Crippen molar-refractivity contribution in [3.63, 3.8) is 0 Å². The predicted molar refractivity (Wildman–Crippen MR) is 107 cm³/mol. The van der Waals surface area contributed by atoms with Crippen molar-refractivity contribution in [3.8, 4) is 0 Å². The van der Waals surface area contributed by atoms with Crippen LogP contribution in [0.2, 0.25) is 0 Å². The molecule has 1 aromatic heterocycles. The second-order valence-electron chi connectivity index (χ2n) is 6.43. The number of esters is 1. The number of H-pyrrole nitrogens is 2. The zero-order chi connectivity index (χ0) is 18.5. The van der Waals surface area contributed by atoms with Crippen LogP contribution in [0.3, 0.4) is 0 Å². The van der Waals surface area contributed by atoms with E-state index in [4.69, 9.17) is 17.0 Å². The Hall–Kier alpha value is -1.62. The summed E-state index contributed by atoms with van der Waals surface area (Å²) in [5.41, 5.74) is 0.453. The number of carbonyl (C=O) groups excluding carboxylic acids is 1. The summed E-state index contributed by atoms with van der Waals surface area (Å²) in [7, 11) is 0. The highest BCUT2D eigenvalue weighted by Crippen LogP contribution is 2.03. The summed E-state index contributed by atoms with van der Waals surface area (Å²) in [6.45, 7) is 7.92. The molecule has 140 valence electrons. The van der Waals surface area contributed by atoms with Gasteiger partial charge in [0.05, 0.1) is 17.3 Å². The van der Waals surface area contributed by atoms with Gasteiger partial charge >= 0.3 is 5.97 Å². The SMILES string of the molecule is C=C(C)C(=O)OCCCCC/C=c1\[nH]c(=S)[nH]c1=CCCCCCC. The molecule has 4 nitrogen and oxygen atoms in total. The molecule has 1 aromatic rings.